The molecule has 1 aromatic carbocycles. The highest BCUT2D eigenvalue weighted by Gasteiger charge is 2.07. The summed E-state index contributed by atoms with van der Waals surface area (Å²) < 4.78 is 5.28. The topological polar surface area (TPSA) is 26.3 Å². The number of allylic oxidation sites excluding steroid dienone is 1. The molecule has 0 bridgehead atoms. The molecular formula is C15H14O2S2. The van der Waals surface area contributed by atoms with Gasteiger partial charge in [-0.2, -0.15) is 11.3 Å². The first-order valence-electron chi connectivity index (χ1n) is 5.71. The maximum Gasteiger partial charge on any atom is 0.185 e. The smallest absolute Gasteiger partial charge is 0.185 e. The van der Waals surface area contributed by atoms with Crippen LogP contribution < -0.4 is 4.74 Å². The standard InChI is InChI=1S/C15H14O2S2/c1-17-14-9-12(4-6-15(14)18-2)13(16)5-3-11-7-8-19-10-11/h3-10H,1-2H3. The van der Waals surface area contributed by atoms with Crippen LogP contribution in [0.15, 0.2) is 46.0 Å². The van der Waals surface area contributed by atoms with Gasteiger partial charge in [0, 0.05) is 10.5 Å². The number of thiophene rings is 1. The van der Waals surface area contributed by atoms with Crippen molar-refractivity contribution in [1.82, 2.24) is 0 Å². The van der Waals surface area contributed by atoms with Gasteiger partial charge in [-0.3, -0.25) is 4.79 Å². The van der Waals surface area contributed by atoms with Crippen molar-refractivity contribution in [3.8, 4) is 5.75 Å². The van der Waals surface area contributed by atoms with E-state index in [9.17, 15) is 4.79 Å². The zero-order valence-electron chi connectivity index (χ0n) is 10.8. The molecule has 19 heavy (non-hydrogen) atoms. The van der Waals surface area contributed by atoms with Crippen LogP contribution in [0.1, 0.15) is 15.9 Å². The number of hydrogen-bond donors (Lipinski definition) is 0. The van der Waals surface area contributed by atoms with E-state index in [0.29, 0.717) is 5.56 Å². The number of benzene rings is 1. The summed E-state index contributed by atoms with van der Waals surface area (Å²) >= 11 is 3.21. The van der Waals surface area contributed by atoms with E-state index in [4.69, 9.17) is 4.74 Å². The second-order valence-electron chi connectivity index (χ2n) is 3.82. The predicted molar refractivity (Wildman–Crippen MR) is 82.5 cm³/mol. The first-order chi connectivity index (χ1) is 9.24. The summed E-state index contributed by atoms with van der Waals surface area (Å²) in [6, 6.07) is 7.50. The van der Waals surface area contributed by atoms with Gasteiger partial charge in [-0.15, -0.1) is 11.8 Å². The van der Waals surface area contributed by atoms with Gasteiger partial charge in [-0.1, -0.05) is 6.08 Å². The molecule has 0 aliphatic carbocycles. The Morgan fingerprint density at radius 2 is 2.21 bits per heavy atom. The lowest BCUT2D eigenvalue weighted by Gasteiger charge is -2.07. The summed E-state index contributed by atoms with van der Waals surface area (Å²) in [5, 5.41) is 3.99. The normalized spacial score (nSPS) is 10.8. The van der Waals surface area contributed by atoms with E-state index in [-0.39, 0.29) is 5.78 Å². The molecule has 0 aliphatic rings. The number of hydrogen-bond acceptors (Lipinski definition) is 4. The second kappa shape index (κ2) is 6.59. The fourth-order valence-corrected chi connectivity index (χ4v) is 2.80. The molecule has 2 nitrogen and oxygen atoms in total. The molecule has 0 aliphatic heterocycles. The van der Waals surface area contributed by atoms with Gasteiger partial charge in [-0.05, 0) is 52.9 Å². The molecule has 0 fully saturated rings. The molecule has 0 atom stereocenters. The van der Waals surface area contributed by atoms with Crippen molar-refractivity contribution in [2.45, 2.75) is 4.90 Å². The number of ether oxygens (including phenoxy) is 1. The molecule has 0 unspecified atom stereocenters. The summed E-state index contributed by atoms with van der Waals surface area (Å²) in [5.41, 5.74) is 1.69. The molecule has 0 saturated carbocycles. The van der Waals surface area contributed by atoms with Gasteiger partial charge >= 0.3 is 0 Å². The van der Waals surface area contributed by atoms with Crippen LogP contribution in [0.4, 0.5) is 0 Å². The number of methoxy groups -OCH3 is 1. The highest BCUT2D eigenvalue weighted by atomic mass is 32.2. The van der Waals surface area contributed by atoms with Gasteiger partial charge in [0.1, 0.15) is 5.75 Å². The Kier molecular flexibility index (Phi) is 4.82. The van der Waals surface area contributed by atoms with Crippen molar-refractivity contribution in [2.75, 3.05) is 13.4 Å². The zero-order chi connectivity index (χ0) is 13.7. The van der Waals surface area contributed by atoms with Gasteiger partial charge in [-0.25, -0.2) is 0 Å². The monoisotopic (exact) mass is 290 g/mol. The average Bonchev–Trinajstić information content (AvgIpc) is 2.97. The van der Waals surface area contributed by atoms with E-state index in [0.717, 1.165) is 16.2 Å². The number of carbonyl (C=O) groups is 1. The number of rotatable bonds is 5. The Bertz CT molecular complexity index is 586. The lowest BCUT2D eigenvalue weighted by molar-refractivity contribution is 0.104. The van der Waals surface area contributed by atoms with Gasteiger partial charge in [0.15, 0.2) is 5.78 Å². The van der Waals surface area contributed by atoms with Crippen molar-refractivity contribution in [2.24, 2.45) is 0 Å². The minimum Gasteiger partial charge on any atom is -0.496 e. The Hall–Kier alpha value is -1.52. The number of ketones is 1. The van der Waals surface area contributed by atoms with Crippen LogP contribution in [0.25, 0.3) is 6.08 Å². The second-order valence-corrected chi connectivity index (χ2v) is 5.45. The van der Waals surface area contributed by atoms with Crippen molar-refractivity contribution in [3.05, 3.63) is 52.2 Å². The molecule has 2 aromatic rings. The molecule has 1 heterocycles. The lowest BCUT2D eigenvalue weighted by Crippen LogP contribution is -1.96. The summed E-state index contributed by atoms with van der Waals surface area (Å²) in [7, 11) is 1.62. The van der Waals surface area contributed by atoms with Crippen LogP contribution in [0.5, 0.6) is 5.75 Å². The Labute approximate surface area is 121 Å². The Morgan fingerprint density at radius 3 is 2.84 bits per heavy atom. The summed E-state index contributed by atoms with van der Waals surface area (Å²) in [6.45, 7) is 0. The van der Waals surface area contributed by atoms with Gasteiger partial charge in [0.25, 0.3) is 0 Å². The van der Waals surface area contributed by atoms with E-state index < -0.39 is 0 Å². The maximum atomic E-state index is 12.1. The SMILES string of the molecule is COc1cc(C(=O)C=Cc2ccsc2)ccc1SC. The first kappa shape index (κ1) is 13.9. The molecule has 0 radical (unpaired) electrons. The van der Waals surface area contributed by atoms with E-state index in [2.05, 4.69) is 0 Å². The predicted octanol–water partition coefficient (Wildman–Crippen LogP) is 4.37. The zero-order valence-corrected chi connectivity index (χ0v) is 12.4. The van der Waals surface area contributed by atoms with Crippen LogP contribution in [-0.2, 0) is 0 Å². The van der Waals surface area contributed by atoms with Crippen molar-refractivity contribution in [1.29, 1.82) is 0 Å². The molecular weight excluding hydrogens is 276 g/mol. The van der Waals surface area contributed by atoms with E-state index in [1.807, 2.05) is 41.3 Å². The maximum absolute atomic E-state index is 12.1. The summed E-state index contributed by atoms with van der Waals surface area (Å²) in [6.07, 6.45) is 5.40. The molecule has 1 aromatic heterocycles. The van der Waals surface area contributed by atoms with Crippen molar-refractivity contribution in [3.63, 3.8) is 0 Å². The minimum absolute atomic E-state index is 0.0165. The third-order valence-corrected chi connectivity index (χ3v) is 4.12. The van der Waals surface area contributed by atoms with E-state index in [1.54, 1.807) is 42.4 Å². The van der Waals surface area contributed by atoms with Gasteiger partial charge < -0.3 is 4.74 Å². The summed E-state index contributed by atoms with van der Waals surface area (Å²) in [4.78, 5) is 13.1. The molecule has 0 N–H and O–H groups in total. The molecule has 2 rings (SSSR count). The van der Waals surface area contributed by atoms with Gasteiger partial charge in [0.2, 0.25) is 0 Å². The van der Waals surface area contributed by atoms with Crippen LogP contribution in [0, 0.1) is 0 Å². The highest BCUT2D eigenvalue weighted by molar-refractivity contribution is 7.98. The van der Waals surface area contributed by atoms with E-state index in [1.165, 1.54) is 0 Å². The molecule has 0 amide bonds. The quantitative estimate of drug-likeness (QED) is 0.464. The van der Waals surface area contributed by atoms with E-state index >= 15 is 0 Å². The van der Waals surface area contributed by atoms with Crippen LogP contribution in [0.2, 0.25) is 0 Å². The molecule has 98 valence electrons. The van der Waals surface area contributed by atoms with Crippen molar-refractivity contribution < 1.29 is 9.53 Å². The minimum atomic E-state index is -0.0165. The third-order valence-electron chi connectivity index (χ3n) is 2.64. The molecule has 0 spiro atoms. The molecule has 4 heteroatoms. The number of thioether (sulfide) groups is 1. The third kappa shape index (κ3) is 3.49. The summed E-state index contributed by atoms with van der Waals surface area (Å²) in [5.74, 6) is 0.722. The van der Waals surface area contributed by atoms with Crippen LogP contribution >= 0.6 is 23.1 Å². The van der Waals surface area contributed by atoms with Gasteiger partial charge in [0.05, 0.1) is 7.11 Å². The Morgan fingerprint density at radius 1 is 1.37 bits per heavy atom. The van der Waals surface area contributed by atoms with Crippen molar-refractivity contribution >= 4 is 35.0 Å². The highest BCUT2D eigenvalue weighted by Crippen LogP contribution is 2.28. The lowest BCUT2D eigenvalue weighted by atomic mass is 10.1. The first-order valence-corrected chi connectivity index (χ1v) is 7.88. The van der Waals surface area contributed by atoms with Crippen LogP contribution in [0.3, 0.4) is 0 Å². The Balaban J connectivity index is 2.19. The molecule has 0 saturated heterocycles. The fourth-order valence-electron chi connectivity index (χ4n) is 1.63. The van der Waals surface area contributed by atoms with Crippen LogP contribution in [-0.4, -0.2) is 19.1 Å². The fraction of sp³-hybridized carbons (Fsp3) is 0.133. The average molecular weight is 290 g/mol. The largest absolute Gasteiger partial charge is 0.496 e. The number of carbonyl (C=O) groups excluding carboxylic acids is 1.